The predicted molar refractivity (Wildman–Crippen MR) is 74.6 cm³/mol. The third-order valence-corrected chi connectivity index (χ3v) is 3.33. The number of hydrogen-bond donors (Lipinski definition) is 1. The molecule has 0 aliphatic rings. The number of nitrogens with zero attached hydrogens (tertiary/aromatic N) is 2. The van der Waals surface area contributed by atoms with Crippen LogP contribution in [0.2, 0.25) is 0 Å². The molecule has 1 aromatic heterocycles. The van der Waals surface area contributed by atoms with E-state index in [1.54, 1.807) is 10.7 Å². The van der Waals surface area contributed by atoms with Gasteiger partial charge in [-0.05, 0) is 26.5 Å². The van der Waals surface area contributed by atoms with Crippen LogP contribution in [0.4, 0.5) is 4.39 Å². The fraction of sp³-hybridized carbons (Fsp3) is 0.400. The first kappa shape index (κ1) is 13.7. The molecule has 1 atom stereocenters. The summed E-state index contributed by atoms with van der Waals surface area (Å²) in [7, 11) is 3.74. The van der Waals surface area contributed by atoms with E-state index in [0.717, 1.165) is 23.2 Å². The zero-order valence-electron chi connectivity index (χ0n) is 11.9. The molecule has 0 amide bonds. The zero-order valence-corrected chi connectivity index (χ0v) is 11.9. The SMILES string of the molecule is CCc1nn(C)cc1C(NC)c1cc(C)ccc1F. The monoisotopic (exact) mass is 261 g/mol. The topological polar surface area (TPSA) is 29.9 Å². The van der Waals surface area contributed by atoms with Gasteiger partial charge in [-0.25, -0.2) is 4.39 Å². The van der Waals surface area contributed by atoms with Crippen LogP contribution in [0.25, 0.3) is 0 Å². The summed E-state index contributed by atoms with van der Waals surface area (Å²) in [6.07, 6.45) is 2.80. The number of halogens is 1. The molecule has 0 fully saturated rings. The fourth-order valence-corrected chi connectivity index (χ4v) is 2.43. The van der Waals surface area contributed by atoms with Crippen molar-refractivity contribution in [2.24, 2.45) is 7.05 Å². The Kier molecular flexibility index (Phi) is 4.00. The summed E-state index contributed by atoms with van der Waals surface area (Å²) >= 11 is 0. The normalized spacial score (nSPS) is 12.7. The van der Waals surface area contributed by atoms with Gasteiger partial charge in [-0.1, -0.05) is 24.6 Å². The van der Waals surface area contributed by atoms with Crippen LogP contribution in [0.15, 0.2) is 24.4 Å². The van der Waals surface area contributed by atoms with Crippen molar-refractivity contribution in [3.05, 3.63) is 52.6 Å². The molecular formula is C15H20FN3. The Labute approximate surface area is 113 Å². The second-order valence-electron chi connectivity index (χ2n) is 4.81. The third kappa shape index (κ3) is 2.68. The maximum absolute atomic E-state index is 14.1. The summed E-state index contributed by atoms with van der Waals surface area (Å²) in [5, 5.41) is 7.63. The number of benzene rings is 1. The molecule has 102 valence electrons. The van der Waals surface area contributed by atoms with Crippen molar-refractivity contribution in [3.8, 4) is 0 Å². The van der Waals surface area contributed by atoms with Gasteiger partial charge in [-0.3, -0.25) is 4.68 Å². The van der Waals surface area contributed by atoms with Crippen molar-refractivity contribution in [2.75, 3.05) is 7.05 Å². The highest BCUT2D eigenvalue weighted by Crippen LogP contribution is 2.27. The van der Waals surface area contributed by atoms with Gasteiger partial charge in [0.1, 0.15) is 5.82 Å². The van der Waals surface area contributed by atoms with Gasteiger partial charge in [0.05, 0.1) is 11.7 Å². The van der Waals surface area contributed by atoms with E-state index in [0.29, 0.717) is 5.56 Å². The standard InChI is InChI=1S/C15H20FN3/c1-5-14-12(9-19(4)18-14)15(17-3)11-8-10(2)6-7-13(11)16/h6-9,15,17H,5H2,1-4H3. The van der Waals surface area contributed by atoms with E-state index in [-0.39, 0.29) is 11.9 Å². The summed E-state index contributed by atoms with van der Waals surface area (Å²) in [6.45, 7) is 4.03. The minimum absolute atomic E-state index is 0.163. The Morgan fingerprint density at radius 2 is 2.11 bits per heavy atom. The molecule has 4 heteroatoms. The second-order valence-corrected chi connectivity index (χ2v) is 4.81. The lowest BCUT2D eigenvalue weighted by molar-refractivity contribution is 0.574. The molecule has 3 nitrogen and oxygen atoms in total. The van der Waals surface area contributed by atoms with E-state index >= 15 is 0 Å². The number of aryl methyl sites for hydroxylation is 3. The van der Waals surface area contributed by atoms with E-state index in [9.17, 15) is 4.39 Å². The van der Waals surface area contributed by atoms with Crippen LogP contribution in [0.5, 0.6) is 0 Å². The largest absolute Gasteiger partial charge is 0.309 e. The molecular weight excluding hydrogens is 241 g/mol. The predicted octanol–water partition coefficient (Wildman–Crippen LogP) is 2.74. The molecule has 0 saturated carbocycles. The minimum Gasteiger partial charge on any atom is -0.309 e. The summed E-state index contributed by atoms with van der Waals surface area (Å²) in [4.78, 5) is 0. The third-order valence-electron chi connectivity index (χ3n) is 3.33. The fourth-order valence-electron chi connectivity index (χ4n) is 2.43. The maximum Gasteiger partial charge on any atom is 0.128 e. The van der Waals surface area contributed by atoms with Crippen LogP contribution in [0.1, 0.15) is 35.3 Å². The molecule has 0 bridgehead atoms. The van der Waals surface area contributed by atoms with Gasteiger partial charge in [0.2, 0.25) is 0 Å². The van der Waals surface area contributed by atoms with Crippen molar-refractivity contribution in [1.29, 1.82) is 0 Å². The molecule has 0 spiro atoms. The van der Waals surface area contributed by atoms with E-state index in [1.807, 2.05) is 33.3 Å². The van der Waals surface area contributed by atoms with Gasteiger partial charge in [-0.2, -0.15) is 5.10 Å². The van der Waals surface area contributed by atoms with E-state index < -0.39 is 0 Å². The van der Waals surface area contributed by atoms with E-state index in [2.05, 4.69) is 17.3 Å². The van der Waals surface area contributed by atoms with Crippen LogP contribution in [-0.4, -0.2) is 16.8 Å². The van der Waals surface area contributed by atoms with Crippen LogP contribution in [0.3, 0.4) is 0 Å². The van der Waals surface area contributed by atoms with E-state index in [1.165, 1.54) is 6.07 Å². The molecule has 0 saturated heterocycles. The van der Waals surface area contributed by atoms with Crippen LogP contribution < -0.4 is 5.32 Å². The smallest absolute Gasteiger partial charge is 0.128 e. The molecule has 2 rings (SSSR count). The van der Waals surface area contributed by atoms with Crippen molar-refractivity contribution >= 4 is 0 Å². The van der Waals surface area contributed by atoms with Crippen molar-refractivity contribution < 1.29 is 4.39 Å². The first-order chi connectivity index (χ1) is 9.06. The zero-order chi connectivity index (χ0) is 14.0. The number of aromatic nitrogens is 2. The lowest BCUT2D eigenvalue weighted by atomic mass is 9.96. The van der Waals surface area contributed by atoms with Crippen LogP contribution in [0, 0.1) is 12.7 Å². The molecule has 2 aromatic rings. The number of hydrogen-bond acceptors (Lipinski definition) is 2. The van der Waals surface area contributed by atoms with Gasteiger partial charge in [0.15, 0.2) is 0 Å². The Bertz CT molecular complexity index is 575. The minimum atomic E-state index is -0.184. The molecule has 1 aromatic carbocycles. The molecule has 1 unspecified atom stereocenters. The Balaban J connectivity index is 2.52. The Morgan fingerprint density at radius 1 is 1.37 bits per heavy atom. The lowest BCUT2D eigenvalue weighted by Crippen LogP contribution is -2.20. The molecule has 19 heavy (non-hydrogen) atoms. The van der Waals surface area contributed by atoms with E-state index in [4.69, 9.17) is 0 Å². The Morgan fingerprint density at radius 3 is 2.74 bits per heavy atom. The van der Waals surface area contributed by atoms with Gasteiger partial charge in [0.25, 0.3) is 0 Å². The highest BCUT2D eigenvalue weighted by atomic mass is 19.1. The summed E-state index contributed by atoms with van der Waals surface area (Å²) in [6, 6.07) is 5.04. The molecule has 0 aliphatic heterocycles. The molecule has 0 radical (unpaired) electrons. The second kappa shape index (κ2) is 5.53. The lowest BCUT2D eigenvalue weighted by Gasteiger charge is -2.18. The van der Waals surface area contributed by atoms with Gasteiger partial charge < -0.3 is 5.32 Å². The summed E-state index contributed by atoms with van der Waals surface area (Å²) in [5.41, 5.74) is 3.77. The number of rotatable bonds is 4. The highest BCUT2D eigenvalue weighted by molar-refractivity contribution is 5.36. The van der Waals surface area contributed by atoms with Crippen molar-refractivity contribution in [1.82, 2.24) is 15.1 Å². The number of nitrogens with one attached hydrogen (secondary N) is 1. The Hall–Kier alpha value is -1.68. The van der Waals surface area contributed by atoms with Crippen molar-refractivity contribution in [3.63, 3.8) is 0 Å². The first-order valence-corrected chi connectivity index (χ1v) is 6.52. The molecule has 1 heterocycles. The van der Waals surface area contributed by atoms with Gasteiger partial charge in [0, 0.05) is 24.4 Å². The van der Waals surface area contributed by atoms with Gasteiger partial charge >= 0.3 is 0 Å². The van der Waals surface area contributed by atoms with Crippen molar-refractivity contribution in [2.45, 2.75) is 26.3 Å². The molecule has 1 N–H and O–H groups in total. The highest BCUT2D eigenvalue weighted by Gasteiger charge is 2.21. The average molecular weight is 261 g/mol. The molecule has 0 aliphatic carbocycles. The quantitative estimate of drug-likeness (QED) is 0.917. The van der Waals surface area contributed by atoms with Crippen LogP contribution in [-0.2, 0) is 13.5 Å². The van der Waals surface area contributed by atoms with Crippen LogP contribution >= 0.6 is 0 Å². The maximum atomic E-state index is 14.1. The first-order valence-electron chi connectivity index (χ1n) is 6.52. The summed E-state index contributed by atoms with van der Waals surface area (Å²) in [5.74, 6) is -0.184. The van der Waals surface area contributed by atoms with Gasteiger partial charge in [-0.15, -0.1) is 0 Å². The average Bonchev–Trinajstić information content (AvgIpc) is 2.76. The summed E-state index contributed by atoms with van der Waals surface area (Å²) < 4.78 is 15.9.